The fourth-order valence-electron chi connectivity index (χ4n) is 1.79. The Morgan fingerprint density at radius 2 is 2.10 bits per heavy atom. The summed E-state index contributed by atoms with van der Waals surface area (Å²) in [6.45, 7) is 1.69. The lowest BCUT2D eigenvalue weighted by atomic mass is 10.1. The Labute approximate surface area is 125 Å². The first-order valence-electron chi connectivity index (χ1n) is 6.06. The Hall–Kier alpha value is -2.18. The molecule has 2 aromatic rings. The summed E-state index contributed by atoms with van der Waals surface area (Å²) in [5.74, 6) is -0.503. The van der Waals surface area contributed by atoms with Gasteiger partial charge in [-0.2, -0.15) is 0 Å². The minimum atomic E-state index is -0.584. The molecule has 7 heteroatoms. The molecule has 2 aromatic carbocycles. The lowest BCUT2D eigenvalue weighted by molar-refractivity contribution is -0.384. The quantitative estimate of drug-likeness (QED) is 0.678. The first kappa shape index (κ1) is 15.2. The molecule has 2 rings (SSSR count). The van der Waals surface area contributed by atoms with Crippen LogP contribution in [-0.4, -0.2) is 4.92 Å². The lowest BCUT2D eigenvalue weighted by Gasteiger charge is -2.15. The third kappa shape index (κ3) is 3.29. The molecular formula is C14H12ClFN2O3. The van der Waals surface area contributed by atoms with E-state index >= 15 is 0 Å². The van der Waals surface area contributed by atoms with Crippen molar-refractivity contribution in [3.63, 3.8) is 0 Å². The molecule has 110 valence electrons. The molecule has 0 bridgehead atoms. The summed E-state index contributed by atoms with van der Waals surface area (Å²) in [5, 5.41) is 10.7. The fraction of sp³-hybridized carbons (Fsp3) is 0.143. The zero-order chi connectivity index (χ0) is 15.6. The monoisotopic (exact) mass is 310 g/mol. The number of hydrogen-bond donors (Lipinski definition) is 1. The summed E-state index contributed by atoms with van der Waals surface area (Å²) in [6.07, 6.45) is 0. The molecule has 0 fully saturated rings. The van der Waals surface area contributed by atoms with Crippen molar-refractivity contribution in [3.05, 3.63) is 62.9 Å². The number of non-ortho nitro benzene ring substituents is 1. The van der Waals surface area contributed by atoms with Gasteiger partial charge in [0.05, 0.1) is 9.95 Å². The molecule has 1 unspecified atom stereocenters. The van der Waals surface area contributed by atoms with Gasteiger partial charge in [-0.05, 0) is 19.1 Å². The van der Waals surface area contributed by atoms with Gasteiger partial charge in [-0.25, -0.2) is 4.39 Å². The molecule has 0 aromatic heterocycles. The number of nitro groups is 1. The Morgan fingerprint density at radius 1 is 1.38 bits per heavy atom. The van der Waals surface area contributed by atoms with Crippen LogP contribution in [0.2, 0.25) is 5.02 Å². The van der Waals surface area contributed by atoms with E-state index in [4.69, 9.17) is 22.1 Å². The third-order valence-electron chi connectivity index (χ3n) is 2.83. The van der Waals surface area contributed by atoms with E-state index in [0.717, 1.165) is 6.07 Å². The molecule has 21 heavy (non-hydrogen) atoms. The average Bonchev–Trinajstić information content (AvgIpc) is 2.42. The smallest absolute Gasteiger partial charge is 0.271 e. The van der Waals surface area contributed by atoms with Crippen LogP contribution in [0.15, 0.2) is 36.4 Å². The SMILES string of the molecule is CC(N)c1cccc(F)c1Oc1ccc([N+](=O)[O-])cc1Cl. The van der Waals surface area contributed by atoms with Crippen LogP contribution in [0.1, 0.15) is 18.5 Å². The van der Waals surface area contributed by atoms with Crippen molar-refractivity contribution < 1.29 is 14.1 Å². The predicted molar refractivity (Wildman–Crippen MR) is 77.2 cm³/mol. The van der Waals surface area contributed by atoms with Crippen molar-refractivity contribution in [2.45, 2.75) is 13.0 Å². The van der Waals surface area contributed by atoms with E-state index in [1.165, 1.54) is 24.3 Å². The van der Waals surface area contributed by atoms with Crippen molar-refractivity contribution in [2.24, 2.45) is 5.73 Å². The van der Waals surface area contributed by atoms with Crippen molar-refractivity contribution in [3.8, 4) is 11.5 Å². The second-order valence-electron chi connectivity index (χ2n) is 4.42. The molecule has 0 aliphatic heterocycles. The van der Waals surface area contributed by atoms with Crippen LogP contribution in [0.5, 0.6) is 11.5 Å². The second kappa shape index (κ2) is 6.07. The summed E-state index contributed by atoms with van der Waals surface area (Å²) in [4.78, 5) is 10.1. The molecule has 5 nitrogen and oxygen atoms in total. The van der Waals surface area contributed by atoms with Gasteiger partial charge in [-0.15, -0.1) is 0 Å². The largest absolute Gasteiger partial charge is 0.452 e. The summed E-state index contributed by atoms with van der Waals surface area (Å²) in [6, 6.07) is 7.66. The van der Waals surface area contributed by atoms with Gasteiger partial charge in [0.25, 0.3) is 5.69 Å². The molecule has 0 aliphatic carbocycles. The Morgan fingerprint density at radius 3 is 2.67 bits per heavy atom. The molecule has 0 saturated heterocycles. The Kier molecular flexibility index (Phi) is 4.40. The van der Waals surface area contributed by atoms with Gasteiger partial charge in [0.1, 0.15) is 5.75 Å². The van der Waals surface area contributed by atoms with E-state index in [0.29, 0.717) is 5.56 Å². The van der Waals surface area contributed by atoms with Crippen LogP contribution in [0, 0.1) is 15.9 Å². The van der Waals surface area contributed by atoms with E-state index in [1.54, 1.807) is 13.0 Å². The van der Waals surface area contributed by atoms with Gasteiger partial charge in [-0.3, -0.25) is 10.1 Å². The van der Waals surface area contributed by atoms with Crippen LogP contribution >= 0.6 is 11.6 Å². The van der Waals surface area contributed by atoms with Crippen LogP contribution in [0.3, 0.4) is 0 Å². The zero-order valence-corrected chi connectivity index (χ0v) is 11.8. The molecule has 1 atom stereocenters. The highest BCUT2D eigenvalue weighted by molar-refractivity contribution is 6.32. The van der Waals surface area contributed by atoms with E-state index in [1.807, 2.05) is 0 Å². The van der Waals surface area contributed by atoms with E-state index in [9.17, 15) is 14.5 Å². The van der Waals surface area contributed by atoms with Crippen molar-refractivity contribution in [1.29, 1.82) is 0 Å². The highest BCUT2D eigenvalue weighted by atomic mass is 35.5. The Bertz CT molecular complexity index is 692. The van der Waals surface area contributed by atoms with Crippen molar-refractivity contribution >= 4 is 17.3 Å². The number of para-hydroxylation sites is 1. The number of nitrogens with zero attached hydrogens (tertiary/aromatic N) is 1. The summed E-state index contributed by atoms with van der Waals surface area (Å²) >= 11 is 5.92. The number of ether oxygens (including phenoxy) is 1. The van der Waals surface area contributed by atoms with E-state index in [-0.39, 0.29) is 22.2 Å². The molecule has 0 heterocycles. The third-order valence-corrected chi connectivity index (χ3v) is 3.12. The molecule has 0 aliphatic rings. The highest BCUT2D eigenvalue weighted by Crippen LogP contribution is 2.36. The molecule has 2 N–H and O–H groups in total. The normalized spacial score (nSPS) is 12.0. The van der Waals surface area contributed by atoms with Gasteiger partial charge in [0.15, 0.2) is 11.6 Å². The molecule has 0 saturated carbocycles. The average molecular weight is 311 g/mol. The van der Waals surface area contributed by atoms with Crippen LogP contribution in [0.4, 0.5) is 10.1 Å². The maximum Gasteiger partial charge on any atom is 0.271 e. The van der Waals surface area contributed by atoms with Crippen molar-refractivity contribution in [2.75, 3.05) is 0 Å². The number of halogens is 2. The highest BCUT2D eigenvalue weighted by Gasteiger charge is 2.17. The standard InChI is InChI=1S/C14H12ClFN2O3/c1-8(17)10-3-2-4-12(16)14(10)21-13-6-5-9(18(19)20)7-11(13)15/h2-8H,17H2,1H3. The maximum atomic E-state index is 13.9. The number of hydrogen-bond acceptors (Lipinski definition) is 4. The van der Waals surface area contributed by atoms with E-state index in [2.05, 4.69) is 0 Å². The summed E-state index contributed by atoms with van der Waals surface area (Å²) in [7, 11) is 0. The number of benzene rings is 2. The first-order chi connectivity index (χ1) is 9.90. The van der Waals surface area contributed by atoms with Crippen LogP contribution < -0.4 is 10.5 Å². The maximum absolute atomic E-state index is 13.9. The lowest BCUT2D eigenvalue weighted by Crippen LogP contribution is -2.07. The topological polar surface area (TPSA) is 78.4 Å². The Balaban J connectivity index is 2.41. The van der Waals surface area contributed by atoms with Gasteiger partial charge >= 0.3 is 0 Å². The van der Waals surface area contributed by atoms with Gasteiger partial charge in [-0.1, -0.05) is 23.7 Å². The van der Waals surface area contributed by atoms with Crippen molar-refractivity contribution in [1.82, 2.24) is 0 Å². The second-order valence-corrected chi connectivity index (χ2v) is 4.83. The van der Waals surface area contributed by atoms with E-state index < -0.39 is 16.8 Å². The summed E-state index contributed by atoms with van der Waals surface area (Å²) in [5.41, 5.74) is 6.07. The first-order valence-corrected chi connectivity index (χ1v) is 6.43. The minimum absolute atomic E-state index is 0.0167. The zero-order valence-electron chi connectivity index (χ0n) is 11.0. The van der Waals surface area contributed by atoms with Gasteiger partial charge in [0.2, 0.25) is 0 Å². The number of rotatable bonds is 4. The number of nitro benzene ring substituents is 1. The molecular weight excluding hydrogens is 299 g/mol. The molecule has 0 radical (unpaired) electrons. The predicted octanol–water partition coefficient (Wildman–Crippen LogP) is 4.20. The number of nitrogens with two attached hydrogens (primary N) is 1. The van der Waals surface area contributed by atoms with Crippen LogP contribution in [0.25, 0.3) is 0 Å². The minimum Gasteiger partial charge on any atom is -0.452 e. The van der Waals surface area contributed by atoms with Gasteiger partial charge in [0, 0.05) is 23.7 Å². The van der Waals surface area contributed by atoms with Gasteiger partial charge < -0.3 is 10.5 Å². The summed E-state index contributed by atoms with van der Waals surface area (Å²) < 4.78 is 19.4. The molecule has 0 amide bonds. The fourth-order valence-corrected chi connectivity index (χ4v) is 2.00. The van der Waals surface area contributed by atoms with Crippen LogP contribution in [-0.2, 0) is 0 Å². The molecule has 0 spiro atoms.